The van der Waals surface area contributed by atoms with Gasteiger partial charge >= 0.3 is 6.03 Å². The van der Waals surface area contributed by atoms with Gasteiger partial charge in [0.15, 0.2) is 0 Å². The molecule has 1 aliphatic rings. The fourth-order valence-corrected chi connectivity index (χ4v) is 4.08. The normalized spacial score (nSPS) is 18.5. The number of nitrogens with zero attached hydrogens (tertiary/aromatic N) is 1. The number of nitrogens with one attached hydrogen (secondary N) is 1. The number of likely N-dealkylation sites (tertiary alicyclic amines) is 1. The molecule has 4 heteroatoms. The average molecular weight is 328 g/mol. The smallest absolute Gasteiger partial charge is 0.317 e. The Morgan fingerprint density at radius 1 is 1.17 bits per heavy atom. The van der Waals surface area contributed by atoms with Crippen molar-refractivity contribution in [2.45, 2.75) is 45.6 Å². The van der Waals surface area contributed by atoms with Crippen LogP contribution in [0.3, 0.4) is 0 Å². The lowest BCUT2D eigenvalue weighted by molar-refractivity contribution is 0.190. The zero-order chi connectivity index (χ0) is 16.2. The van der Waals surface area contributed by atoms with E-state index in [2.05, 4.69) is 42.7 Å². The van der Waals surface area contributed by atoms with Gasteiger partial charge < -0.3 is 10.2 Å². The van der Waals surface area contributed by atoms with Crippen LogP contribution < -0.4 is 5.32 Å². The Morgan fingerprint density at radius 2 is 2.04 bits per heavy atom. The fraction of sp³-hybridized carbons (Fsp3) is 0.421. The Kier molecular flexibility index (Phi) is 5.01. The van der Waals surface area contributed by atoms with E-state index in [-0.39, 0.29) is 12.1 Å². The molecule has 1 aromatic heterocycles. The summed E-state index contributed by atoms with van der Waals surface area (Å²) >= 11 is 1.75. The molecule has 0 radical (unpaired) electrons. The van der Waals surface area contributed by atoms with E-state index in [1.807, 2.05) is 17.0 Å². The maximum Gasteiger partial charge on any atom is 0.322 e. The molecule has 0 saturated carbocycles. The van der Waals surface area contributed by atoms with Crippen molar-refractivity contribution in [3.05, 3.63) is 51.7 Å². The molecule has 1 atom stereocenters. The zero-order valence-corrected chi connectivity index (χ0v) is 14.7. The summed E-state index contributed by atoms with van der Waals surface area (Å²) in [6.07, 6.45) is 4.54. The van der Waals surface area contributed by atoms with Crippen molar-refractivity contribution in [1.29, 1.82) is 0 Å². The van der Waals surface area contributed by atoms with E-state index in [0.717, 1.165) is 30.6 Å². The minimum absolute atomic E-state index is 0.0269. The molecule has 1 saturated heterocycles. The summed E-state index contributed by atoms with van der Waals surface area (Å²) in [6.45, 7) is 4.97. The molecule has 0 unspecified atom stereocenters. The SMILES string of the molecule is Cc1cccc(NC(=O)N2CCCCC[C@H]2c2cccs2)c1C. The molecule has 3 rings (SSSR count). The first-order valence-electron chi connectivity index (χ1n) is 8.34. The second-order valence-corrected chi connectivity index (χ2v) is 7.23. The van der Waals surface area contributed by atoms with Crippen molar-refractivity contribution in [1.82, 2.24) is 4.90 Å². The highest BCUT2D eigenvalue weighted by Gasteiger charge is 2.27. The predicted molar refractivity (Wildman–Crippen MR) is 97.2 cm³/mol. The van der Waals surface area contributed by atoms with Gasteiger partial charge in [0.1, 0.15) is 0 Å². The minimum Gasteiger partial charge on any atom is -0.317 e. The van der Waals surface area contributed by atoms with Crippen molar-refractivity contribution in [3.8, 4) is 0 Å². The van der Waals surface area contributed by atoms with Crippen LogP contribution in [0.4, 0.5) is 10.5 Å². The highest BCUT2D eigenvalue weighted by atomic mass is 32.1. The Bertz CT molecular complexity index is 666. The molecule has 2 aromatic rings. The third-order valence-corrected chi connectivity index (χ3v) is 5.71. The number of carbonyl (C=O) groups excluding carboxylic acids is 1. The summed E-state index contributed by atoms with van der Waals surface area (Å²) in [4.78, 5) is 16.2. The highest BCUT2D eigenvalue weighted by Crippen LogP contribution is 2.33. The predicted octanol–water partition coefficient (Wildman–Crippen LogP) is 5.51. The first kappa shape index (κ1) is 16.1. The van der Waals surface area contributed by atoms with E-state index >= 15 is 0 Å². The fourth-order valence-electron chi connectivity index (χ4n) is 3.20. The van der Waals surface area contributed by atoms with Crippen LogP contribution in [0.2, 0.25) is 0 Å². The van der Waals surface area contributed by atoms with Gasteiger partial charge in [0.25, 0.3) is 0 Å². The van der Waals surface area contributed by atoms with Crippen LogP contribution >= 0.6 is 11.3 Å². The number of benzene rings is 1. The molecule has 1 aliphatic heterocycles. The molecule has 23 heavy (non-hydrogen) atoms. The molecule has 1 fully saturated rings. The molecule has 2 heterocycles. The average Bonchev–Trinajstić information content (AvgIpc) is 2.96. The summed E-state index contributed by atoms with van der Waals surface area (Å²) in [7, 11) is 0. The second-order valence-electron chi connectivity index (χ2n) is 6.25. The van der Waals surface area contributed by atoms with Gasteiger partial charge in [-0.05, 0) is 55.3 Å². The summed E-state index contributed by atoms with van der Waals surface area (Å²) in [5.74, 6) is 0. The van der Waals surface area contributed by atoms with Crippen LogP contribution in [0, 0.1) is 13.8 Å². The minimum atomic E-state index is 0.0269. The van der Waals surface area contributed by atoms with Crippen LogP contribution in [0.5, 0.6) is 0 Å². The molecule has 0 bridgehead atoms. The van der Waals surface area contributed by atoms with Crippen molar-refractivity contribution in [2.24, 2.45) is 0 Å². The highest BCUT2D eigenvalue weighted by molar-refractivity contribution is 7.10. The summed E-state index contributed by atoms with van der Waals surface area (Å²) in [5, 5.41) is 5.23. The van der Waals surface area contributed by atoms with E-state index in [4.69, 9.17) is 0 Å². The number of rotatable bonds is 2. The Labute approximate surface area is 142 Å². The molecule has 0 aliphatic carbocycles. The Balaban J connectivity index is 1.82. The monoisotopic (exact) mass is 328 g/mol. The molecule has 2 amide bonds. The van der Waals surface area contributed by atoms with Crippen LogP contribution in [-0.4, -0.2) is 17.5 Å². The van der Waals surface area contributed by atoms with E-state index in [1.165, 1.54) is 23.3 Å². The maximum atomic E-state index is 12.9. The van der Waals surface area contributed by atoms with Gasteiger partial charge in [-0.15, -0.1) is 11.3 Å². The number of carbonyl (C=O) groups is 1. The standard InChI is InChI=1S/C19H24N2OS/c1-14-8-6-9-16(15(14)2)20-19(22)21-12-5-3-4-10-17(21)18-11-7-13-23-18/h6-9,11,13,17H,3-5,10,12H2,1-2H3,(H,20,22)/t17-/m0/s1. The van der Waals surface area contributed by atoms with Crippen molar-refractivity contribution >= 4 is 23.1 Å². The van der Waals surface area contributed by atoms with Gasteiger partial charge in [-0.3, -0.25) is 0 Å². The molecular weight excluding hydrogens is 304 g/mol. The number of aryl methyl sites for hydroxylation is 1. The number of hydrogen-bond acceptors (Lipinski definition) is 2. The van der Waals surface area contributed by atoms with E-state index < -0.39 is 0 Å². The lowest BCUT2D eigenvalue weighted by atomic mass is 10.1. The van der Waals surface area contributed by atoms with Gasteiger partial charge in [-0.2, -0.15) is 0 Å². The lowest BCUT2D eigenvalue weighted by Gasteiger charge is -2.30. The molecule has 0 spiro atoms. The van der Waals surface area contributed by atoms with Gasteiger partial charge in [-0.1, -0.05) is 31.0 Å². The molecule has 122 valence electrons. The topological polar surface area (TPSA) is 32.3 Å². The first-order chi connectivity index (χ1) is 11.2. The van der Waals surface area contributed by atoms with Gasteiger partial charge in [0.2, 0.25) is 0 Å². The number of urea groups is 1. The molecule has 1 aromatic carbocycles. The van der Waals surface area contributed by atoms with Crippen LogP contribution in [-0.2, 0) is 0 Å². The number of anilines is 1. The van der Waals surface area contributed by atoms with Crippen molar-refractivity contribution in [3.63, 3.8) is 0 Å². The lowest BCUT2D eigenvalue weighted by Crippen LogP contribution is -2.37. The maximum absolute atomic E-state index is 12.9. The number of hydrogen-bond donors (Lipinski definition) is 1. The molecule has 1 N–H and O–H groups in total. The number of thiophene rings is 1. The Hall–Kier alpha value is -1.81. The van der Waals surface area contributed by atoms with Crippen molar-refractivity contribution < 1.29 is 4.79 Å². The Morgan fingerprint density at radius 3 is 2.83 bits per heavy atom. The van der Waals surface area contributed by atoms with Gasteiger partial charge in [0, 0.05) is 17.1 Å². The van der Waals surface area contributed by atoms with Crippen LogP contribution in [0.25, 0.3) is 0 Å². The van der Waals surface area contributed by atoms with Crippen LogP contribution in [0.1, 0.15) is 47.7 Å². The van der Waals surface area contributed by atoms with Gasteiger partial charge in [-0.25, -0.2) is 4.79 Å². The summed E-state index contributed by atoms with van der Waals surface area (Å²) < 4.78 is 0. The van der Waals surface area contributed by atoms with Crippen molar-refractivity contribution in [2.75, 3.05) is 11.9 Å². The molecule has 3 nitrogen and oxygen atoms in total. The quantitative estimate of drug-likeness (QED) is 0.774. The first-order valence-corrected chi connectivity index (χ1v) is 9.22. The summed E-state index contributed by atoms with van der Waals surface area (Å²) in [5.41, 5.74) is 3.26. The van der Waals surface area contributed by atoms with E-state index in [1.54, 1.807) is 11.3 Å². The number of amides is 2. The second kappa shape index (κ2) is 7.18. The summed E-state index contributed by atoms with van der Waals surface area (Å²) in [6, 6.07) is 10.5. The third kappa shape index (κ3) is 3.58. The zero-order valence-electron chi connectivity index (χ0n) is 13.8. The molecular formula is C19H24N2OS. The third-order valence-electron chi connectivity index (χ3n) is 4.73. The van der Waals surface area contributed by atoms with E-state index in [9.17, 15) is 4.79 Å². The van der Waals surface area contributed by atoms with Crippen LogP contribution in [0.15, 0.2) is 35.7 Å². The van der Waals surface area contributed by atoms with Gasteiger partial charge in [0.05, 0.1) is 6.04 Å². The van der Waals surface area contributed by atoms with E-state index in [0.29, 0.717) is 0 Å². The largest absolute Gasteiger partial charge is 0.322 e.